The first-order valence-corrected chi connectivity index (χ1v) is 10.6. The van der Waals surface area contributed by atoms with Crippen molar-refractivity contribution in [1.82, 2.24) is 4.90 Å². The molecule has 0 N–H and O–H groups in total. The van der Waals surface area contributed by atoms with Crippen LogP contribution >= 0.6 is 0 Å². The average Bonchev–Trinajstić information content (AvgIpc) is 2.72. The largest absolute Gasteiger partial charge is 0.494 e. The quantitative estimate of drug-likeness (QED) is 0.612. The van der Waals surface area contributed by atoms with Crippen molar-refractivity contribution in [2.45, 2.75) is 45.8 Å². The van der Waals surface area contributed by atoms with Crippen molar-refractivity contribution in [2.75, 3.05) is 31.1 Å². The number of aryl methyl sites for hydroxylation is 1. The van der Waals surface area contributed by atoms with Gasteiger partial charge < -0.3 is 9.64 Å². The normalized spacial score (nSPS) is 15.7. The molecule has 2 aromatic rings. The first-order chi connectivity index (χ1) is 14.7. The van der Waals surface area contributed by atoms with Crippen LogP contribution in [0.1, 0.15) is 41.3 Å². The summed E-state index contributed by atoms with van der Waals surface area (Å²) >= 11 is 0. The fourth-order valence-corrected chi connectivity index (χ4v) is 4.07. The first-order valence-electron chi connectivity index (χ1n) is 10.6. The highest BCUT2D eigenvalue weighted by Gasteiger charge is 2.35. The first kappa shape index (κ1) is 23.1. The van der Waals surface area contributed by atoms with Gasteiger partial charge in [-0.1, -0.05) is 12.1 Å². The Morgan fingerprint density at radius 1 is 1.10 bits per heavy atom. The maximum absolute atomic E-state index is 13.6. The van der Waals surface area contributed by atoms with Crippen molar-refractivity contribution >= 4 is 11.6 Å². The number of likely N-dealkylation sites (tertiary alicyclic amines) is 1. The number of alkyl halides is 3. The van der Waals surface area contributed by atoms with E-state index in [0.29, 0.717) is 43.9 Å². The Balaban J connectivity index is 1.88. The predicted octanol–water partition coefficient (Wildman–Crippen LogP) is 5.38. The molecule has 7 heteroatoms. The molecule has 0 unspecified atom stereocenters. The van der Waals surface area contributed by atoms with Crippen molar-refractivity contribution < 1.29 is 22.7 Å². The monoisotopic (exact) mass is 434 g/mol. The number of carbonyl (C=O) groups is 1. The number of ether oxygens (including phenoxy) is 1. The van der Waals surface area contributed by atoms with Gasteiger partial charge in [-0.2, -0.15) is 13.2 Å². The van der Waals surface area contributed by atoms with Gasteiger partial charge in [0.15, 0.2) is 0 Å². The van der Waals surface area contributed by atoms with Crippen molar-refractivity contribution in [1.29, 1.82) is 0 Å². The molecule has 168 valence electrons. The zero-order chi connectivity index (χ0) is 22.6. The second-order valence-electron chi connectivity index (χ2n) is 7.97. The Kier molecular flexibility index (Phi) is 7.26. The topological polar surface area (TPSA) is 32.8 Å². The summed E-state index contributed by atoms with van der Waals surface area (Å²) in [7, 11) is 0. The molecular formula is C24H29F3N2O2. The second kappa shape index (κ2) is 9.73. The van der Waals surface area contributed by atoms with Crippen molar-refractivity contribution in [3.05, 3.63) is 59.2 Å². The summed E-state index contributed by atoms with van der Waals surface area (Å²) in [5.41, 5.74) is 3.28. The third-order valence-electron chi connectivity index (χ3n) is 5.80. The minimum absolute atomic E-state index is 0.125. The molecule has 0 radical (unpaired) electrons. The summed E-state index contributed by atoms with van der Waals surface area (Å²) in [4.78, 5) is 16.8. The SMILES string of the molecule is CCOc1ccc(N(C(=O)c2cccc(C)c2C)C2CCN(CC(F)(F)F)CC2)cc1. The number of carbonyl (C=O) groups excluding carboxylic acids is 1. The maximum atomic E-state index is 13.6. The summed E-state index contributed by atoms with van der Waals surface area (Å²) < 4.78 is 43.8. The number of nitrogens with zero attached hydrogens (tertiary/aromatic N) is 2. The molecule has 1 aliphatic rings. The van der Waals surface area contributed by atoms with Gasteiger partial charge in [-0.3, -0.25) is 9.69 Å². The van der Waals surface area contributed by atoms with Gasteiger partial charge in [0.25, 0.3) is 5.91 Å². The fraction of sp³-hybridized carbons (Fsp3) is 0.458. The molecule has 0 spiro atoms. The van der Waals surface area contributed by atoms with Gasteiger partial charge in [-0.05, 0) is 75.1 Å². The van der Waals surface area contributed by atoms with Gasteiger partial charge in [0.2, 0.25) is 0 Å². The minimum Gasteiger partial charge on any atom is -0.494 e. The third kappa shape index (κ3) is 5.79. The molecule has 1 saturated heterocycles. The standard InChI is InChI=1S/C24H29F3N2O2/c1-4-31-21-10-8-19(9-11-21)29(23(30)22-7-5-6-17(2)18(22)3)20-12-14-28(15-13-20)16-24(25,26)27/h5-11,20H,4,12-16H2,1-3H3. The van der Waals surface area contributed by atoms with Gasteiger partial charge in [-0.25, -0.2) is 0 Å². The summed E-state index contributed by atoms with van der Waals surface area (Å²) in [5, 5.41) is 0. The summed E-state index contributed by atoms with van der Waals surface area (Å²) in [6.45, 7) is 6.03. The molecule has 1 amide bonds. The molecule has 3 rings (SSSR count). The van der Waals surface area contributed by atoms with Crippen LogP contribution in [0.4, 0.5) is 18.9 Å². The number of hydrogen-bond acceptors (Lipinski definition) is 3. The zero-order valence-corrected chi connectivity index (χ0v) is 18.2. The van der Waals surface area contributed by atoms with Crippen LogP contribution in [-0.2, 0) is 0 Å². The molecule has 2 aromatic carbocycles. The number of benzene rings is 2. The van der Waals surface area contributed by atoms with Crippen LogP contribution in [0.5, 0.6) is 5.75 Å². The van der Waals surface area contributed by atoms with Crippen LogP contribution in [-0.4, -0.2) is 49.3 Å². The van der Waals surface area contributed by atoms with E-state index in [-0.39, 0.29) is 11.9 Å². The molecule has 0 atom stereocenters. The van der Waals surface area contributed by atoms with E-state index in [0.717, 1.165) is 16.8 Å². The Labute approximate surface area is 181 Å². The molecule has 1 fully saturated rings. The van der Waals surface area contributed by atoms with Gasteiger partial charge in [-0.15, -0.1) is 0 Å². The number of hydrogen-bond donors (Lipinski definition) is 0. The van der Waals surface area contributed by atoms with E-state index >= 15 is 0 Å². The Hall–Kier alpha value is -2.54. The molecule has 0 aliphatic carbocycles. The molecule has 0 bridgehead atoms. The lowest BCUT2D eigenvalue weighted by atomic mass is 9.98. The van der Waals surface area contributed by atoms with Gasteiger partial charge >= 0.3 is 6.18 Å². The Morgan fingerprint density at radius 3 is 2.32 bits per heavy atom. The van der Waals surface area contributed by atoms with Crippen LogP contribution in [0, 0.1) is 13.8 Å². The van der Waals surface area contributed by atoms with Crippen LogP contribution in [0.25, 0.3) is 0 Å². The van der Waals surface area contributed by atoms with Crippen molar-refractivity contribution in [3.63, 3.8) is 0 Å². The molecule has 31 heavy (non-hydrogen) atoms. The average molecular weight is 435 g/mol. The van der Waals surface area contributed by atoms with Crippen LogP contribution in [0.15, 0.2) is 42.5 Å². The molecular weight excluding hydrogens is 405 g/mol. The van der Waals surface area contributed by atoms with E-state index in [1.807, 2.05) is 63.2 Å². The smallest absolute Gasteiger partial charge is 0.401 e. The van der Waals surface area contributed by atoms with E-state index in [1.165, 1.54) is 4.90 Å². The van der Waals surface area contributed by atoms with E-state index in [4.69, 9.17) is 4.74 Å². The highest BCUT2D eigenvalue weighted by atomic mass is 19.4. The Bertz CT molecular complexity index is 889. The number of rotatable bonds is 6. The Morgan fingerprint density at radius 2 is 1.74 bits per heavy atom. The van der Waals surface area contributed by atoms with E-state index < -0.39 is 12.7 Å². The highest BCUT2D eigenvalue weighted by Crippen LogP contribution is 2.30. The molecule has 1 aliphatic heterocycles. The maximum Gasteiger partial charge on any atom is 0.401 e. The van der Waals surface area contributed by atoms with Crippen molar-refractivity contribution in [3.8, 4) is 5.75 Å². The minimum atomic E-state index is -4.21. The zero-order valence-electron chi connectivity index (χ0n) is 18.2. The molecule has 0 aromatic heterocycles. The lowest BCUT2D eigenvalue weighted by Gasteiger charge is -2.39. The lowest BCUT2D eigenvalue weighted by Crippen LogP contribution is -2.49. The van der Waals surface area contributed by atoms with Crippen molar-refractivity contribution in [2.24, 2.45) is 0 Å². The van der Waals surface area contributed by atoms with Crippen LogP contribution in [0.2, 0.25) is 0 Å². The number of halogens is 3. The number of amides is 1. The van der Waals surface area contributed by atoms with E-state index in [1.54, 1.807) is 4.90 Å². The lowest BCUT2D eigenvalue weighted by molar-refractivity contribution is -0.147. The van der Waals surface area contributed by atoms with Gasteiger partial charge in [0.1, 0.15) is 5.75 Å². The van der Waals surface area contributed by atoms with Gasteiger partial charge in [0, 0.05) is 30.4 Å². The highest BCUT2D eigenvalue weighted by molar-refractivity contribution is 6.07. The molecule has 4 nitrogen and oxygen atoms in total. The van der Waals surface area contributed by atoms with Crippen LogP contribution in [0.3, 0.4) is 0 Å². The molecule has 0 saturated carbocycles. The summed E-state index contributed by atoms with van der Waals surface area (Å²) in [6.07, 6.45) is -3.24. The number of piperidine rings is 1. The number of anilines is 1. The van der Waals surface area contributed by atoms with Crippen LogP contribution < -0.4 is 9.64 Å². The predicted molar refractivity (Wildman–Crippen MR) is 116 cm³/mol. The van der Waals surface area contributed by atoms with E-state index in [2.05, 4.69) is 0 Å². The summed E-state index contributed by atoms with van der Waals surface area (Å²) in [5.74, 6) is 0.588. The van der Waals surface area contributed by atoms with E-state index in [9.17, 15) is 18.0 Å². The van der Waals surface area contributed by atoms with Gasteiger partial charge in [0.05, 0.1) is 13.2 Å². The molecule has 1 heterocycles. The fourth-order valence-electron chi connectivity index (χ4n) is 4.07. The second-order valence-corrected chi connectivity index (χ2v) is 7.97. The summed E-state index contributed by atoms with van der Waals surface area (Å²) in [6, 6.07) is 12.8. The third-order valence-corrected chi connectivity index (χ3v) is 5.80.